The zero-order valence-electron chi connectivity index (χ0n) is 17.4. The Morgan fingerprint density at radius 3 is 2.50 bits per heavy atom. The summed E-state index contributed by atoms with van der Waals surface area (Å²) in [6.07, 6.45) is 0.222. The summed E-state index contributed by atoms with van der Waals surface area (Å²) >= 11 is 1.33. The van der Waals surface area contributed by atoms with Crippen molar-refractivity contribution in [3.05, 3.63) is 39.0 Å². The Kier molecular flexibility index (Phi) is 6.20. The van der Waals surface area contributed by atoms with Gasteiger partial charge >= 0.3 is 5.69 Å². The summed E-state index contributed by atoms with van der Waals surface area (Å²) in [5.74, 6) is 1.38. The van der Waals surface area contributed by atoms with Crippen LogP contribution in [0.15, 0.2) is 32.9 Å². The first kappa shape index (κ1) is 21.5. The number of fused-ring (bicyclic) bond motifs is 1. The van der Waals surface area contributed by atoms with E-state index in [0.717, 1.165) is 4.57 Å². The van der Waals surface area contributed by atoms with Gasteiger partial charge in [0, 0.05) is 39.4 Å². The molecule has 1 N–H and O–H groups in total. The SMILES string of the molecule is COc1ccc(NC(=O)CCSc2nc3c(=O)n(C)c(=O)n(C)c3n2C)c(OC)c1. The zero-order chi connectivity index (χ0) is 22.0. The van der Waals surface area contributed by atoms with Gasteiger partial charge in [0.15, 0.2) is 16.3 Å². The minimum absolute atomic E-state index is 0.187. The van der Waals surface area contributed by atoms with Gasteiger partial charge in [-0.05, 0) is 12.1 Å². The molecule has 0 fully saturated rings. The molecule has 2 heterocycles. The Labute approximate surface area is 176 Å². The lowest BCUT2D eigenvalue weighted by Gasteiger charge is -2.11. The van der Waals surface area contributed by atoms with E-state index in [1.165, 1.54) is 30.5 Å². The molecule has 0 saturated carbocycles. The number of amides is 1. The van der Waals surface area contributed by atoms with Crippen molar-refractivity contribution in [1.29, 1.82) is 0 Å². The van der Waals surface area contributed by atoms with Crippen molar-refractivity contribution in [1.82, 2.24) is 18.7 Å². The van der Waals surface area contributed by atoms with Crippen molar-refractivity contribution < 1.29 is 14.3 Å². The molecule has 0 aliphatic rings. The van der Waals surface area contributed by atoms with Gasteiger partial charge in [0.1, 0.15) is 11.5 Å². The van der Waals surface area contributed by atoms with Gasteiger partial charge in [-0.1, -0.05) is 11.8 Å². The van der Waals surface area contributed by atoms with Crippen LogP contribution in [0.5, 0.6) is 11.5 Å². The van der Waals surface area contributed by atoms with Crippen LogP contribution >= 0.6 is 11.8 Å². The molecule has 3 aromatic rings. The molecular formula is C19H23N5O5S. The lowest BCUT2D eigenvalue weighted by molar-refractivity contribution is -0.115. The van der Waals surface area contributed by atoms with E-state index >= 15 is 0 Å². The molecule has 10 nitrogen and oxygen atoms in total. The molecule has 2 aromatic heterocycles. The normalized spacial score (nSPS) is 11.0. The van der Waals surface area contributed by atoms with Crippen LogP contribution in [0.2, 0.25) is 0 Å². The fourth-order valence-electron chi connectivity index (χ4n) is 3.04. The van der Waals surface area contributed by atoms with Gasteiger partial charge in [-0.15, -0.1) is 0 Å². The number of methoxy groups -OCH3 is 2. The maximum absolute atomic E-state index is 12.3. The van der Waals surface area contributed by atoms with Crippen LogP contribution in [0.4, 0.5) is 5.69 Å². The molecular weight excluding hydrogens is 410 g/mol. The summed E-state index contributed by atoms with van der Waals surface area (Å²) in [5.41, 5.74) is 0.351. The zero-order valence-corrected chi connectivity index (χ0v) is 18.2. The third kappa shape index (κ3) is 3.92. The number of anilines is 1. The summed E-state index contributed by atoms with van der Waals surface area (Å²) in [4.78, 5) is 41.2. The summed E-state index contributed by atoms with van der Waals surface area (Å²) in [7, 11) is 7.82. The maximum atomic E-state index is 12.3. The van der Waals surface area contributed by atoms with Crippen LogP contribution in [0.1, 0.15) is 6.42 Å². The van der Waals surface area contributed by atoms with Crippen molar-refractivity contribution in [3.63, 3.8) is 0 Å². The number of rotatable bonds is 7. The predicted octanol–water partition coefficient (Wildman–Crippen LogP) is 1.11. The molecule has 1 aromatic carbocycles. The molecule has 0 aliphatic carbocycles. The van der Waals surface area contributed by atoms with Gasteiger partial charge in [0.05, 0.1) is 19.9 Å². The van der Waals surface area contributed by atoms with Crippen LogP contribution in [0.3, 0.4) is 0 Å². The predicted molar refractivity (Wildman–Crippen MR) is 115 cm³/mol. The Hall–Kier alpha value is -3.21. The fourth-order valence-corrected chi connectivity index (χ4v) is 3.94. The van der Waals surface area contributed by atoms with E-state index in [0.29, 0.717) is 33.7 Å². The average molecular weight is 433 g/mol. The average Bonchev–Trinajstić information content (AvgIpc) is 3.07. The highest BCUT2D eigenvalue weighted by Crippen LogP contribution is 2.29. The first-order valence-electron chi connectivity index (χ1n) is 9.05. The number of hydrogen-bond donors (Lipinski definition) is 1. The number of thioether (sulfide) groups is 1. The van der Waals surface area contributed by atoms with E-state index in [4.69, 9.17) is 9.47 Å². The molecule has 11 heteroatoms. The Morgan fingerprint density at radius 2 is 1.83 bits per heavy atom. The number of benzene rings is 1. The monoisotopic (exact) mass is 433 g/mol. The van der Waals surface area contributed by atoms with Crippen molar-refractivity contribution in [3.8, 4) is 11.5 Å². The largest absolute Gasteiger partial charge is 0.497 e. The second-order valence-corrected chi connectivity index (χ2v) is 7.61. The smallest absolute Gasteiger partial charge is 0.332 e. The van der Waals surface area contributed by atoms with Gasteiger partial charge < -0.3 is 19.4 Å². The lowest BCUT2D eigenvalue weighted by Crippen LogP contribution is -2.37. The Bertz CT molecular complexity index is 1230. The van der Waals surface area contributed by atoms with Gasteiger partial charge in [-0.25, -0.2) is 9.78 Å². The molecule has 0 bridgehead atoms. The van der Waals surface area contributed by atoms with E-state index in [2.05, 4.69) is 10.3 Å². The summed E-state index contributed by atoms with van der Waals surface area (Å²) in [5, 5.41) is 3.37. The van der Waals surface area contributed by atoms with Gasteiger partial charge in [0.2, 0.25) is 5.91 Å². The van der Waals surface area contributed by atoms with Crippen molar-refractivity contribution >= 4 is 34.5 Å². The highest BCUT2D eigenvalue weighted by atomic mass is 32.2. The molecule has 30 heavy (non-hydrogen) atoms. The Morgan fingerprint density at radius 1 is 1.10 bits per heavy atom. The number of carbonyl (C=O) groups excluding carboxylic acids is 1. The summed E-state index contributed by atoms with van der Waals surface area (Å²) in [6.45, 7) is 0. The lowest BCUT2D eigenvalue weighted by atomic mass is 10.2. The number of nitrogens with zero attached hydrogens (tertiary/aromatic N) is 4. The molecule has 0 unspecified atom stereocenters. The molecule has 3 rings (SSSR count). The highest BCUT2D eigenvalue weighted by molar-refractivity contribution is 7.99. The van der Waals surface area contributed by atoms with Crippen LogP contribution in [-0.2, 0) is 25.9 Å². The molecule has 0 aliphatic heterocycles. The minimum Gasteiger partial charge on any atom is -0.497 e. The van der Waals surface area contributed by atoms with Crippen LogP contribution in [0.25, 0.3) is 11.2 Å². The second-order valence-electron chi connectivity index (χ2n) is 6.54. The maximum Gasteiger partial charge on any atom is 0.332 e. The molecule has 0 spiro atoms. The standard InChI is InChI=1S/C19H23N5O5S/c1-22-16-15(17(26)24(3)19(27)23(16)2)21-18(22)30-9-8-14(25)20-12-7-6-11(28-4)10-13(12)29-5/h6-7,10H,8-9H2,1-5H3,(H,20,25). The van der Waals surface area contributed by atoms with E-state index in [-0.39, 0.29) is 17.8 Å². The molecule has 160 valence electrons. The number of aryl methyl sites for hydroxylation is 2. The quantitative estimate of drug-likeness (QED) is 0.556. The van der Waals surface area contributed by atoms with Crippen molar-refractivity contribution in [2.24, 2.45) is 21.1 Å². The number of nitrogens with one attached hydrogen (secondary N) is 1. The van der Waals surface area contributed by atoms with E-state index in [1.54, 1.807) is 44.0 Å². The van der Waals surface area contributed by atoms with E-state index in [1.807, 2.05) is 0 Å². The first-order valence-corrected chi connectivity index (χ1v) is 10.0. The topological polar surface area (TPSA) is 109 Å². The summed E-state index contributed by atoms with van der Waals surface area (Å²) < 4.78 is 14.5. The number of carbonyl (C=O) groups is 1. The van der Waals surface area contributed by atoms with Crippen molar-refractivity contribution in [2.75, 3.05) is 25.3 Å². The molecule has 0 atom stereocenters. The number of hydrogen-bond acceptors (Lipinski definition) is 7. The third-order valence-electron chi connectivity index (χ3n) is 4.67. The van der Waals surface area contributed by atoms with Gasteiger partial charge in [-0.2, -0.15) is 0 Å². The minimum atomic E-state index is -0.445. The Balaban J connectivity index is 1.71. The first-order chi connectivity index (χ1) is 14.3. The van der Waals surface area contributed by atoms with Crippen LogP contribution < -0.4 is 26.0 Å². The summed E-state index contributed by atoms with van der Waals surface area (Å²) in [6, 6.07) is 5.14. The second kappa shape index (κ2) is 8.66. The van der Waals surface area contributed by atoms with Gasteiger partial charge in [0.25, 0.3) is 5.56 Å². The van der Waals surface area contributed by atoms with Crippen LogP contribution in [-0.4, -0.2) is 44.6 Å². The molecule has 0 radical (unpaired) electrons. The number of imidazole rings is 1. The number of ether oxygens (including phenoxy) is 2. The number of aromatic nitrogens is 4. The molecule has 0 saturated heterocycles. The highest BCUT2D eigenvalue weighted by Gasteiger charge is 2.17. The van der Waals surface area contributed by atoms with Crippen molar-refractivity contribution in [2.45, 2.75) is 11.6 Å². The van der Waals surface area contributed by atoms with Gasteiger partial charge in [-0.3, -0.25) is 18.7 Å². The fraction of sp³-hybridized carbons (Fsp3) is 0.368. The van der Waals surface area contributed by atoms with E-state index in [9.17, 15) is 14.4 Å². The van der Waals surface area contributed by atoms with E-state index < -0.39 is 11.2 Å². The van der Waals surface area contributed by atoms with Crippen LogP contribution in [0, 0.1) is 0 Å². The third-order valence-corrected chi connectivity index (χ3v) is 5.70. The molecule has 1 amide bonds.